The Balaban J connectivity index is 0. The summed E-state index contributed by atoms with van der Waals surface area (Å²) in [6, 6.07) is 16.7. The quantitative estimate of drug-likeness (QED) is 0.357. The van der Waals surface area contributed by atoms with Crippen LogP contribution in [0.3, 0.4) is 0 Å². The zero-order valence-corrected chi connectivity index (χ0v) is 17.2. The van der Waals surface area contributed by atoms with Crippen LogP contribution in [0.5, 0.6) is 0 Å². The van der Waals surface area contributed by atoms with E-state index in [4.69, 9.17) is 22.3 Å². The van der Waals surface area contributed by atoms with Gasteiger partial charge in [0, 0.05) is 22.3 Å². The minimum absolute atomic E-state index is 0. The summed E-state index contributed by atoms with van der Waals surface area (Å²) in [4.78, 5) is 9.00. The van der Waals surface area contributed by atoms with E-state index < -0.39 is 0 Å². The summed E-state index contributed by atoms with van der Waals surface area (Å²) in [6.45, 7) is 1.85. The van der Waals surface area contributed by atoms with Gasteiger partial charge < -0.3 is 22.4 Å². The topological polar surface area (TPSA) is 189 Å². The lowest BCUT2D eigenvalue weighted by molar-refractivity contribution is 0.823. The van der Waals surface area contributed by atoms with Gasteiger partial charge in [-0.3, -0.25) is 10.8 Å². The van der Waals surface area contributed by atoms with E-state index in [1.165, 1.54) is 0 Å². The molecule has 2 aromatic carbocycles. The second kappa shape index (κ2) is 11.7. The third-order valence-corrected chi connectivity index (χ3v) is 3.82. The lowest BCUT2D eigenvalue weighted by Gasteiger charge is -2.08. The first-order valence-electron chi connectivity index (χ1n) is 7.69. The molecule has 156 valence electrons. The van der Waals surface area contributed by atoms with Crippen LogP contribution in [-0.2, 0) is 0 Å². The Kier molecular flexibility index (Phi) is 11.4. The number of nitrogens with zero attached hydrogens (tertiary/aromatic N) is 2. The van der Waals surface area contributed by atoms with Crippen molar-refractivity contribution in [3.63, 3.8) is 0 Å². The summed E-state index contributed by atoms with van der Waals surface area (Å²) in [5.41, 5.74) is 15.8. The molecule has 0 amide bonds. The van der Waals surface area contributed by atoms with Crippen LogP contribution in [0.25, 0.3) is 22.5 Å². The molecule has 0 saturated carbocycles. The fourth-order valence-corrected chi connectivity index (χ4v) is 2.50. The third kappa shape index (κ3) is 6.51. The van der Waals surface area contributed by atoms with Gasteiger partial charge in [-0.25, -0.2) is 9.97 Å². The Hall–Kier alpha value is -3.04. The molecule has 3 aromatic rings. The highest BCUT2D eigenvalue weighted by Crippen LogP contribution is 2.24. The highest BCUT2D eigenvalue weighted by molar-refractivity contribution is 5.96. The first-order valence-corrected chi connectivity index (χ1v) is 7.69. The zero-order chi connectivity index (χ0) is 18.0. The average Bonchev–Trinajstić information content (AvgIpc) is 2.61. The van der Waals surface area contributed by atoms with Gasteiger partial charge in [0.15, 0.2) is 0 Å². The van der Waals surface area contributed by atoms with E-state index in [2.05, 4.69) is 9.97 Å². The van der Waals surface area contributed by atoms with Gasteiger partial charge in [0.25, 0.3) is 0 Å². The lowest BCUT2D eigenvalue weighted by Crippen LogP contribution is -2.10. The van der Waals surface area contributed by atoms with Crippen LogP contribution in [0.1, 0.15) is 17.0 Å². The number of nitrogens with one attached hydrogen (secondary N) is 2. The molecule has 0 fully saturated rings. The molecular formula is C19H24Cl2N6O2. The number of aryl methyl sites for hydroxylation is 1. The van der Waals surface area contributed by atoms with Crippen LogP contribution in [-0.4, -0.2) is 32.6 Å². The Morgan fingerprint density at radius 1 is 0.690 bits per heavy atom. The van der Waals surface area contributed by atoms with E-state index >= 15 is 0 Å². The van der Waals surface area contributed by atoms with Crippen molar-refractivity contribution in [2.75, 3.05) is 0 Å². The van der Waals surface area contributed by atoms with E-state index in [9.17, 15) is 0 Å². The molecule has 29 heavy (non-hydrogen) atoms. The number of rotatable bonds is 4. The number of aromatic nitrogens is 2. The first-order chi connectivity index (χ1) is 11.9. The monoisotopic (exact) mass is 438 g/mol. The second-order valence-electron chi connectivity index (χ2n) is 5.67. The Morgan fingerprint density at radius 3 is 1.28 bits per heavy atom. The fraction of sp³-hybridized carbons (Fsp3) is 0.0526. The summed E-state index contributed by atoms with van der Waals surface area (Å²) in [5.74, 6) is 0.743. The van der Waals surface area contributed by atoms with Crippen LogP contribution in [0.15, 0.2) is 54.6 Å². The van der Waals surface area contributed by atoms with Crippen LogP contribution in [0.2, 0.25) is 0 Å². The van der Waals surface area contributed by atoms with Crippen molar-refractivity contribution in [2.24, 2.45) is 11.5 Å². The first kappa shape index (κ1) is 28.2. The van der Waals surface area contributed by atoms with Gasteiger partial charge in [-0.15, -0.1) is 24.8 Å². The van der Waals surface area contributed by atoms with Gasteiger partial charge in [-0.05, 0) is 13.0 Å². The maximum Gasteiger partial charge on any atom is 0.126 e. The van der Waals surface area contributed by atoms with Crippen molar-refractivity contribution in [1.82, 2.24) is 9.97 Å². The Bertz CT molecular complexity index is 888. The number of amidine groups is 2. The number of hydrogen-bond acceptors (Lipinski definition) is 4. The molecule has 0 aliphatic heterocycles. The van der Waals surface area contributed by atoms with E-state index in [-0.39, 0.29) is 47.4 Å². The van der Waals surface area contributed by atoms with Gasteiger partial charge >= 0.3 is 0 Å². The van der Waals surface area contributed by atoms with Gasteiger partial charge in [0.2, 0.25) is 0 Å². The molecule has 8 nitrogen and oxygen atoms in total. The summed E-state index contributed by atoms with van der Waals surface area (Å²) in [6.07, 6.45) is 0. The standard InChI is InChI=1S/C19H18N6.2ClH.2H2O/c1-11-24-16(12-2-6-14(7-3-12)18(20)21)10-17(25-11)13-4-8-15(9-5-13)19(22)23;;;;/h2-10H,1H3,(H3,20,21)(H3,22,23);2*1H;2*1H2. The largest absolute Gasteiger partial charge is 0.412 e. The molecule has 0 aliphatic carbocycles. The summed E-state index contributed by atoms with van der Waals surface area (Å²) in [7, 11) is 0. The minimum Gasteiger partial charge on any atom is -0.412 e. The molecule has 10 heteroatoms. The van der Waals surface area contributed by atoms with Crippen molar-refractivity contribution in [2.45, 2.75) is 6.92 Å². The van der Waals surface area contributed by atoms with Gasteiger partial charge in [-0.2, -0.15) is 0 Å². The van der Waals surface area contributed by atoms with E-state index in [0.29, 0.717) is 17.0 Å². The number of hydrogen-bond donors (Lipinski definition) is 4. The molecule has 3 rings (SSSR count). The number of halogens is 2. The maximum absolute atomic E-state index is 7.47. The van der Waals surface area contributed by atoms with Crippen LogP contribution in [0.4, 0.5) is 0 Å². The van der Waals surface area contributed by atoms with E-state index in [1.54, 1.807) is 24.3 Å². The highest BCUT2D eigenvalue weighted by Gasteiger charge is 2.08. The van der Waals surface area contributed by atoms with Crippen LogP contribution in [0, 0.1) is 17.7 Å². The average molecular weight is 439 g/mol. The molecule has 0 saturated heterocycles. The van der Waals surface area contributed by atoms with Gasteiger partial charge in [0.05, 0.1) is 11.4 Å². The van der Waals surface area contributed by atoms with E-state index in [1.807, 2.05) is 37.3 Å². The summed E-state index contributed by atoms with van der Waals surface area (Å²) in [5, 5.41) is 14.9. The van der Waals surface area contributed by atoms with Crippen molar-refractivity contribution < 1.29 is 11.0 Å². The van der Waals surface area contributed by atoms with Crippen molar-refractivity contribution >= 4 is 36.5 Å². The van der Waals surface area contributed by atoms with Crippen molar-refractivity contribution in [3.05, 3.63) is 71.5 Å². The molecule has 10 N–H and O–H groups in total. The SMILES string of the molecule is Cc1nc(-c2ccc(C(=N)N)cc2)cc(-c2ccc(C(=N)N)cc2)n1.Cl.Cl.O.O. The smallest absolute Gasteiger partial charge is 0.126 e. The third-order valence-electron chi connectivity index (χ3n) is 3.82. The molecule has 1 aromatic heterocycles. The number of nitrogen functional groups attached to an aromatic ring is 2. The molecule has 0 radical (unpaired) electrons. The zero-order valence-electron chi connectivity index (χ0n) is 15.6. The normalized spacial score (nSPS) is 9.00. The lowest BCUT2D eigenvalue weighted by atomic mass is 10.0. The Morgan fingerprint density at radius 2 is 1.00 bits per heavy atom. The molecule has 0 atom stereocenters. The molecule has 0 bridgehead atoms. The summed E-state index contributed by atoms with van der Waals surface area (Å²) >= 11 is 0. The highest BCUT2D eigenvalue weighted by atomic mass is 35.5. The van der Waals surface area contributed by atoms with Gasteiger partial charge in [0.1, 0.15) is 17.5 Å². The second-order valence-corrected chi connectivity index (χ2v) is 5.67. The minimum atomic E-state index is 0. The van der Waals surface area contributed by atoms with Crippen LogP contribution < -0.4 is 11.5 Å². The fourth-order valence-electron chi connectivity index (χ4n) is 2.50. The maximum atomic E-state index is 7.47. The number of nitrogens with two attached hydrogens (primary N) is 2. The number of benzene rings is 2. The van der Waals surface area contributed by atoms with Crippen molar-refractivity contribution in [3.8, 4) is 22.5 Å². The Labute approximate surface area is 180 Å². The van der Waals surface area contributed by atoms with Gasteiger partial charge in [-0.1, -0.05) is 48.5 Å². The molecule has 0 unspecified atom stereocenters. The molecular weight excluding hydrogens is 415 g/mol. The predicted octanol–water partition coefficient (Wildman–Crippen LogP) is 1.88. The van der Waals surface area contributed by atoms with E-state index in [0.717, 1.165) is 22.5 Å². The molecule has 0 aliphatic rings. The van der Waals surface area contributed by atoms with Crippen LogP contribution >= 0.6 is 24.8 Å². The molecule has 0 spiro atoms. The summed E-state index contributed by atoms with van der Waals surface area (Å²) < 4.78 is 0. The molecule has 1 heterocycles. The predicted molar refractivity (Wildman–Crippen MR) is 121 cm³/mol. The van der Waals surface area contributed by atoms with Crippen molar-refractivity contribution in [1.29, 1.82) is 10.8 Å².